The van der Waals surface area contributed by atoms with Crippen molar-refractivity contribution in [3.8, 4) is 0 Å². The van der Waals surface area contributed by atoms with Crippen LogP contribution in [0.5, 0.6) is 0 Å². The molecule has 3 rings (SSSR count). The molecule has 2 heteroatoms. The zero-order chi connectivity index (χ0) is 10.3. The molecular weight excluding hydrogens is 250 g/mol. The van der Waals surface area contributed by atoms with E-state index in [-0.39, 0.29) is 0 Å². The zero-order valence-electron chi connectivity index (χ0n) is 8.88. The molecule has 1 aromatic rings. The van der Waals surface area contributed by atoms with E-state index in [2.05, 4.69) is 39.0 Å². The predicted octanol–water partition coefficient (Wildman–Crippen LogP) is 3.61. The lowest BCUT2D eigenvalue weighted by Gasteiger charge is -2.32. The van der Waals surface area contributed by atoms with Gasteiger partial charge in [0.2, 0.25) is 0 Å². The summed E-state index contributed by atoms with van der Waals surface area (Å²) in [7, 11) is 0. The van der Waals surface area contributed by atoms with E-state index >= 15 is 0 Å². The summed E-state index contributed by atoms with van der Waals surface area (Å²) in [5, 5.41) is 0. The van der Waals surface area contributed by atoms with Crippen molar-refractivity contribution in [3.63, 3.8) is 0 Å². The Kier molecular flexibility index (Phi) is 2.47. The van der Waals surface area contributed by atoms with Crippen molar-refractivity contribution in [2.45, 2.75) is 25.7 Å². The topological polar surface area (TPSA) is 3.24 Å². The summed E-state index contributed by atoms with van der Waals surface area (Å²) >= 11 is 3.66. The largest absolute Gasteiger partial charge is 0.371 e. The van der Waals surface area contributed by atoms with Crippen molar-refractivity contribution >= 4 is 21.6 Å². The Hall–Kier alpha value is -0.500. The summed E-state index contributed by atoms with van der Waals surface area (Å²) in [5.41, 5.74) is 2.99. The fraction of sp³-hybridized carbons (Fsp3) is 0.538. The van der Waals surface area contributed by atoms with Gasteiger partial charge in [0.1, 0.15) is 0 Å². The molecule has 1 aliphatic heterocycles. The normalized spacial score (nSPS) is 20.2. The van der Waals surface area contributed by atoms with Gasteiger partial charge in [0.15, 0.2) is 0 Å². The minimum Gasteiger partial charge on any atom is -0.371 e. The molecule has 0 bridgehead atoms. The van der Waals surface area contributed by atoms with Crippen molar-refractivity contribution in [2.75, 3.05) is 18.0 Å². The molecule has 0 unspecified atom stereocenters. The molecule has 0 saturated heterocycles. The average molecular weight is 266 g/mol. The highest BCUT2D eigenvalue weighted by Crippen LogP contribution is 2.36. The van der Waals surface area contributed by atoms with Gasteiger partial charge < -0.3 is 4.90 Å². The van der Waals surface area contributed by atoms with Gasteiger partial charge in [-0.25, -0.2) is 0 Å². The lowest BCUT2D eigenvalue weighted by atomic mass is 10.0. The smallest absolute Gasteiger partial charge is 0.0410 e. The number of anilines is 1. The van der Waals surface area contributed by atoms with Crippen LogP contribution >= 0.6 is 15.9 Å². The summed E-state index contributed by atoms with van der Waals surface area (Å²) in [4.78, 5) is 2.58. The standard InChI is InChI=1S/C13H16BrN/c14-12-4-1-5-13-11(12)3-2-8-15(13)9-10-6-7-10/h1,4-5,10H,2-3,6-9H2. The summed E-state index contributed by atoms with van der Waals surface area (Å²) in [5.74, 6) is 0.981. The quantitative estimate of drug-likeness (QED) is 0.790. The van der Waals surface area contributed by atoms with Gasteiger partial charge in [-0.3, -0.25) is 0 Å². The number of halogens is 1. The first-order valence-corrected chi connectivity index (χ1v) is 6.66. The molecule has 0 aromatic heterocycles. The maximum atomic E-state index is 3.66. The first-order chi connectivity index (χ1) is 7.34. The van der Waals surface area contributed by atoms with Gasteiger partial charge >= 0.3 is 0 Å². The number of fused-ring (bicyclic) bond motifs is 1. The van der Waals surface area contributed by atoms with Crippen molar-refractivity contribution in [1.29, 1.82) is 0 Å². The number of hydrogen-bond acceptors (Lipinski definition) is 1. The Bertz CT molecular complexity index is 371. The van der Waals surface area contributed by atoms with Gasteiger partial charge in [-0.05, 0) is 49.3 Å². The van der Waals surface area contributed by atoms with E-state index in [1.165, 1.54) is 54.5 Å². The molecule has 0 N–H and O–H groups in total. The highest BCUT2D eigenvalue weighted by molar-refractivity contribution is 9.10. The second-order valence-electron chi connectivity index (χ2n) is 4.73. The molecule has 1 aliphatic carbocycles. The third kappa shape index (κ3) is 1.92. The SMILES string of the molecule is Brc1cccc2c1CCCN2CC1CC1. The monoisotopic (exact) mass is 265 g/mol. The second-order valence-corrected chi connectivity index (χ2v) is 5.58. The molecular formula is C13H16BrN. The van der Waals surface area contributed by atoms with E-state index in [0.29, 0.717) is 0 Å². The lowest BCUT2D eigenvalue weighted by Crippen LogP contribution is -2.31. The number of nitrogens with zero attached hydrogens (tertiary/aromatic N) is 1. The van der Waals surface area contributed by atoms with Gasteiger partial charge in [-0.1, -0.05) is 22.0 Å². The summed E-state index contributed by atoms with van der Waals surface area (Å²) < 4.78 is 1.29. The molecule has 1 nitrogen and oxygen atoms in total. The van der Waals surface area contributed by atoms with Crippen LogP contribution in [0, 0.1) is 5.92 Å². The van der Waals surface area contributed by atoms with Gasteiger partial charge in [0.05, 0.1) is 0 Å². The summed E-state index contributed by atoms with van der Waals surface area (Å²) in [6, 6.07) is 6.61. The Labute approximate surface area is 99.6 Å². The van der Waals surface area contributed by atoms with Crippen LogP contribution in [-0.4, -0.2) is 13.1 Å². The van der Waals surface area contributed by atoms with Gasteiger partial charge in [0, 0.05) is 23.2 Å². The van der Waals surface area contributed by atoms with E-state index in [0.717, 1.165) is 5.92 Å². The zero-order valence-corrected chi connectivity index (χ0v) is 10.5. The predicted molar refractivity (Wildman–Crippen MR) is 67.4 cm³/mol. The molecule has 80 valence electrons. The highest BCUT2D eigenvalue weighted by atomic mass is 79.9. The molecule has 1 saturated carbocycles. The minimum atomic E-state index is 0.981. The fourth-order valence-electron chi connectivity index (χ4n) is 2.46. The molecule has 1 aromatic carbocycles. The summed E-state index contributed by atoms with van der Waals surface area (Å²) in [6.45, 7) is 2.53. The van der Waals surface area contributed by atoms with Gasteiger partial charge in [-0.2, -0.15) is 0 Å². The number of rotatable bonds is 2. The summed E-state index contributed by atoms with van der Waals surface area (Å²) in [6.07, 6.45) is 5.43. The van der Waals surface area contributed by atoms with E-state index in [4.69, 9.17) is 0 Å². The van der Waals surface area contributed by atoms with Crippen LogP contribution in [0.4, 0.5) is 5.69 Å². The molecule has 0 spiro atoms. The maximum Gasteiger partial charge on any atom is 0.0410 e. The number of hydrogen-bond donors (Lipinski definition) is 0. The lowest BCUT2D eigenvalue weighted by molar-refractivity contribution is 0.656. The fourth-order valence-corrected chi connectivity index (χ4v) is 3.01. The van der Waals surface area contributed by atoms with Crippen LogP contribution in [0.15, 0.2) is 22.7 Å². The van der Waals surface area contributed by atoms with Crippen LogP contribution in [0.2, 0.25) is 0 Å². The molecule has 1 heterocycles. The van der Waals surface area contributed by atoms with E-state index < -0.39 is 0 Å². The number of benzene rings is 1. The van der Waals surface area contributed by atoms with Crippen LogP contribution in [0.25, 0.3) is 0 Å². The van der Waals surface area contributed by atoms with E-state index in [1.54, 1.807) is 0 Å². The van der Waals surface area contributed by atoms with Gasteiger partial charge in [-0.15, -0.1) is 0 Å². The molecule has 0 amide bonds. The average Bonchev–Trinajstić information content (AvgIpc) is 3.04. The molecule has 0 radical (unpaired) electrons. The Balaban J connectivity index is 1.91. The van der Waals surface area contributed by atoms with Crippen LogP contribution in [0.1, 0.15) is 24.8 Å². The van der Waals surface area contributed by atoms with Crippen LogP contribution < -0.4 is 4.90 Å². The van der Waals surface area contributed by atoms with Gasteiger partial charge in [0.25, 0.3) is 0 Å². The third-order valence-electron chi connectivity index (χ3n) is 3.47. The molecule has 15 heavy (non-hydrogen) atoms. The maximum absolute atomic E-state index is 3.66. The first kappa shape index (κ1) is 9.71. The van der Waals surface area contributed by atoms with E-state index in [1.807, 2.05) is 0 Å². The second kappa shape index (κ2) is 3.82. The first-order valence-electron chi connectivity index (χ1n) is 5.87. The van der Waals surface area contributed by atoms with Crippen LogP contribution in [-0.2, 0) is 6.42 Å². The Morgan fingerprint density at radius 1 is 1.33 bits per heavy atom. The van der Waals surface area contributed by atoms with Crippen molar-refractivity contribution in [3.05, 3.63) is 28.2 Å². The Morgan fingerprint density at radius 2 is 2.20 bits per heavy atom. The van der Waals surface area contributed by atoms with E-state index in [9.17, 15) is 0 Å². The highest BCUT2D eigenvalue weighted by Gasteiger charge is 2.27. The third-order valence-corrected chi connectivity index (χ3v) is 4.21. The van der Waals surface area contributed by atoms with Crippen molar-refractivity contribution in [2.24, 2.45) is 5.92 Å². The Morgan fingerprint density at radius 3 is 3.00 bits per heavy atom. The van der Waals surface area contributed by atoms with Crippen LogP contribution in [0.3, 0.4) is 0 Å². The minimum absolute atomic E-state index is 0.981. The molecule has 0 atom stereocenters. The molecule has 1 fully saturated rings. The molecule has 2 aliphatic rings. The van der Waals surface area contributed by atoms with Crippen molar-refractivity contribution in [1.82, 2.24) is 0 Å². The van der Waals surface area contributed by atoms with Crippen molar-refractivity contribution < 1.29 is 0 Å².